The molecule has 21 N–H and O–H groups in total. The molecule has 46 nitrogen and oxygen atoms in total. The third-order valence-corrected chi connectivity index (χ3v) is 24.5. The second-order valence-corrected chi connectivity index (χ2v) is 34.8. The molecule has 0 spiro atoms. The molecule has 10 atom stereocenters. The molecule has 2 unspecified atom stereocenters. The molecular weight excluding hydrogens is 1820 g/mol. The van der Waals surface area contributed by atoms with E-state index in [0.29, 0.717) is 84.3 Å². The zero-order chi connectivity index (χ0) is 92.5. The fraction of sp³-hybridized carbons (Fsp3) is 0.436. The van der Waals surface area contributed by atoms with Crippen LogP contribution in [0.5, 0.6) is 23.0 Å². The number of H-pyrrole nitrogens is 1. The van der Waals surface area contributed by atoms with Crippen molar-refractivity contribution in [2.45, 2.75) is 142 Å². The maximum Gasteiger partial charge on any atom is 0.257 e. The minimum Gasteiger partial charge on any atom is -0.493 e. The first-order chi connectivity index (χ1) is 60.5. The number of guanidine groups is 1. The molecule has 4 aliphatic rings. The van der Waals surface area contributed by atoms with Crippen molar-refractivity contribution >= 4 is 149 Å². The summed E-state index contributed by atoms with van der Waals surface area (Å²) in [5, 5.41) is 75.2. The van der Waals surface area contributed by atoms with Gasteiger partial charge in [0.1, 0.15) is 0 Å². The minimum atomic E-state index is -2.57. The number of nitrogen functional groups attached to an aromatic ring is 2. The number of carboxylic acids is 4. The summed E-state index contributed by atoms with van der Waals surface area (Å²) in [5.74, 6) is -14.6. The largest absolute Gasteiger partial charge is 0.493 e. The number of nitrogens with zero attached hydrogens (tertiary/aromatic N) is 7. The van der Waals surface area contributed by atoms with Crippen molar-refractivity contribution in [2.24, 2.45) is 10.7 Å². The number of aromatic nitrogens is 4. The Balaban J connectivity index is 0.728. The van der Waals surface area contributed by atoms with Crippen molar-refractivity contribution in [3.05, 3.63) is 112 Å². The summed E-state index contributed by atoms with van der Waals surface area (Å²) in [6, 6.07) is 1.48. The number of anilines is 3. The van der Waals surface area contributed by atoms with E-state index in [-0.39, 0.29) is 110 Å². The van der Waals surface area contributed by atoms with E-state index in [0.717, 1.165) is 27.2 Å². The number of nitrogens with one attached hydrogen (secondary N) is 10. The van der Waals surface area contributed by atoms with Crippen molar-refractivity contribution in [3.63, 3.8) is 0 Å². The minimum absolute atomic E-state index is 0.0252. The molecule has 0 bridgehead atoms. The Kier molecular flexibility index (Phi) is 35.3. The number of hydrogen-bond donors (Lipinski definition) is 18. The molecule has 0 saturated carbocycles. The molecule has 49 heteroatoms. The van der Waals surface area contributed by atoms with E-state index in [1.807, 2.05) is 5.32 Å². The number of benzene rings is 3. The van der Waals surface area contributed by atoms with Crippen molar-refractivity contribution in [3.8, 4) is 23.0 Å². The van der Waals surface area contributed by atoms with Crippen LogP contribution in [0.4, 0.5) is 32.6 Å². The van der Waals surface area contributed by atoms with Gasteiger partial charge in [0.05, 0.1) is 87.9 Å². The Morgan fingerprint density at radius 1 is 0.724 bits per heavy atom. The Hall–Kier alpha value is -13.3. The summed E-state index contributed by atoms with van der Waals surface area (Å²) in [5.41, 5.74) is 20.3. The van der Waals surface area contributed by atoms with Gasteiger partial charge < -0.3 is 65.4 Å². The van der Waals surface area contributed by atoms with Crippen molar-refractivity contribution in [2.75, 3.05) is 89.4 Å². The molecule has 3 aromatic carbocycles. The SMILES string of the molecule is C=C1C[C@H]2C=Nc3cc(OCCCCCOc4cc(N)c(C(=O)N5CC(=C)C[C@H]5C5OCCN5C(=O)OCC(C)SSC[C@H](NC(=O)[C@H](CC(=O)O)NC(=O)[C@@H](NC(=O)[C@H](CCCNC(=N)N)NC(=O)[C@H](CC(=O)O)NC(=O)CC[C@H](NC(=O)c5ccc(NCc6cnc7nc(N)[nH]c(=O)c7n6)cc5)C(=O)O)[I-]C(=O)O)C(=O)O)cc4OC)c(OC)cc3C(=O)N2C1. The van der Waals surface area contributed by atoms with Crippen LogP contribution in [-0.2, 0) is 59.2 Å². The van der Waals surface area contributed by atoms with E-state index in [9.17, 15) is 97.5 Å². The van der Waals surface area contributed by atoms with Crippen LogP contribution in [0.15, 0.2) is 88.8 Å². The van der Waals surface area contributed by atoms with Gasteiger partial charge in [-0.15, -0.1) is 0 Å². The van der Waals surface area contributed by atoms with Gasteiger partial charge >= 0.3 is 323 Å². The zero-order valence-corrected chi connectivity index (χ0v) is 72.5. The van der Waals surface area contributed by atoms with E-state index in [1.165, 1.54) is 66.6 Å². The number of hydrogen-bond acceptors (Lipinski definition) is 31. The number of aliphatic carboxylic acids is 4. The number of fused-ring (bicyclic) bond motifs is 3. The van der Waals surface area contributed by atoms with Gasteiger partial charge in [-0.3, -0.25) is 34.1 Å². The normalized spacial score (nSPS) is 16.8. The van der Waals surface area contributed by atoms with Gasteiger partial charge in [-0.05, 0) is 68.5 Å². The standard InChI is InChI=1S/C78H96IN20O26S2/c1-37-22-43-32-86-49-27-57(55(121-5)25-45(49)71(112)98(43)33-37)123-20-8-6-7-19-122-56-26-46(80)44(24-54(56)120-4)70(111)99-34-38(2)23-53(99)72-97(18-21-124-72)78(119)125-35-39(3)127-126-36-52(74(115)116)93-67(108)51(29-60(103)104)92-69(110)62(79-75(117)118)94-65(106)47(10-9-17-84-76(81)82)90-66(107)50(28-59(101)102)89-58(100)16-15-48(73(113)114)91-64(105)40-11-13-41(14-12-40)85-30-42-31-87-63-61(88-42)68(109)96-77(83)95-63/h11-14,24-27,31-32,39,43,47-48,50-53,62,72,85H,1-2,6-10,15-23,28-30,33-36,80H2,3-5H3,(H,89,100)(H,90,107)(H,91,105)(H,92,110)(H,93,108)(H,94,106)(H,101,102)(H,103,104)(H,113,114)(H,115,116)(H,117,118)(H4,81,82,84)(H3,83,87,95,96,109)/q-1/t39?,43-,47-,48-,50-,51-,52-,53-,62+,72?/m0/s1. The van der Waals surface area contributed by atoms with Crippen LogP contribution in [-0.4, -0.2) is 284 Å². The summed E-state index contributed by atoms with van der Waals surface area (Å²) in [4.78, 5) is 222. The van der Waals surface area contributed by atoms with Crippen LogP contribution in [0.1, 0.15) is 114 Å². The van der Waals surface area contributed by atoms with Crippen molar-refractivity contribution < 1.29 is 142 Å². The molecule has 9 amide bonds. The second kappa shape index (κ2) is 46.1. The van der Waals surface area contributed by atoms with Gasteiger partial charge in [0.15, 0.2) is 40.4 Å². The van der Waals surface area contributed by atoms with Gasteiger partial charge in [-0.2, -0.15) is 4.98 Å². The molecule has 0 radical (unpaired) electrons. The van der Waals surface area contributed by atoms with Crippen LogP contribution < -0.4 is 105 Å². The number of methoxy groups -OCH3 is 2. The van der Waals surface area contributed by atoms with Gasteiger partial charge in [0, 0.05) is 48.4 Å². The molecule has 0 aliphatic carbocycles. The number of rotatable bonds is 47. The second-order valence-electron chi connectivity index (χ2n) is 29.2. The van der Waals surface area contributed by atoms with Gasteiger partial charge in [0.2, 0.25) is 5.95 Å². The maximum absolute atomic E-state index is 14.5. The topological polar surface area (TPSA) is 687 Å². The number of unbranched alkanes of at least 4 members (excludes halogenated alkanes) is 2. The Morgan fingerprint density at radius 2 is 1.36 bits per heavy atom. The maximum atomic E-state index is 14.5. The molecule has 127 heavy (non-hydrogen) atoms. The number of alkyl halides is 1. The van der Waals surface area contributed by atoms with E-state index in [4.69, 9.17) is 51.0 Å². The van der Waals surface area contributed by atoms with Gasteiger partial charge in [-0.25, -0.2) is 19.6 Å². The predicted molar refractivity (Wildman–Crippen MR) is 451 cm³/mol. The number of carboxylic acid groups (broad SMARTS) is 5. The van der Waals surface area contributed by atoms with Crippen LogP contribution in [0, 0.1) is 5.41 Å². The number of carbonyl (C=O) groups is 14. The first kappa shape index (κ1) is 97.5. The third-order valence-electron chi connectivity index (χ3n) is 19.6. The third kappa shape index (κ3) is 27.8. The number of carbonyl (C=O) groups excluding carboxylic acids is 9. The van der Waals surface area contributed by atoms with E-state index in [2.05, 4.69) is 75.3 Å². The molecule has 3 saturated heterocycles. The molecule has 3 fully saturated rings. The average molecular weight is 1920 g/mol. The number of amides is 9. The smallest absolute Gasteiger partial charge is 0.257 e. The number of halogens is 1. The Labute approximate surface area is 741 Å². The first-order valence-corrected chi connectivity index (χ1v) is 44.0. The quantitative estimate of drug-likeness (QED) is 0.00193. The predicted octanol–water partition coefficient (Wildman–Crippen LogP) is -1.93. The fourth-order valence-corrected chi connectivity index (χ4v) is 17.2. The monoisotopic (exact) mass is 1920 g/mol. The fourth-order valence-electron chi connectivity index (χ4n) is 13.4. The number of likely N-dealkylation sites (tertiary alicyclic amines) is 1. The Morgan fingerprint density at radius 3 is 2.02 bits per heavy atom. The van der Waals surface area contributed by atoms with E-state index in [1.54, 1.807) is 30.2 Å². The summed E-state index contributed by atoms with van der Waals surface area (Å²) in [6.45, 7) is 10.7. The molecule has 9 rings (SSSR count). The van der Waals surface area contributed by atoms with Crippen LogP contribution in [0.25, 0.3) is 11.2 Å². The summed E-state index contributed by atoms with van der Waals surface area (Å²) in [6.07, 6.45) is -0.208. The van der Waals surface area contributed by atoms with Gasteiger partial charge in [0.25, 0.3) is 23.3 Å². The average Bonchev–Trinajstić information content (AvgIpc) is 1.66. The van der Waals surface area contributed by atoms with Crippen LogP contribution in [0.3, 0.4) is 0 Å². The summed E-state index contributed by atoms with van der Waals surface area (Å²) < 4.78 is 31.4. The summed E-state index contributed by atoms with van der Waals surface area (Å²) in [7, 11) is 4.82. The molecule has 2 aromatic heterocycles. The first-order valence-electron chi connectivity index (χ1n) is 39.3. The molecule has 6 heterocycles. The van der Waals surface area contributed by atoms with E-state index >= 15 is 0 Å². The van der Waals surface area contributed by atoms with Crippen molar-refractivity contribution in [1.29, 1.82) is 5.41 Å². The summed E-state index contributed by atoms with van der Waals surface area (Å²) >= 11 is -2.57. The number of nitrogens with two attached hydrogens (primary N) is 3. The van der Waals surface area contributed by atoms with Gasteiger partial charge in [-0.1, -0.05) is 24.3 Å². The number of aromatic amines is 1. The van der Waals surface area contributed by atoms with Crippen molar-refractivity contribution in [1.82, 2.24) is 71.9 Å². The molecule has 5 aromatic rings. The molecule has 4 aliphatic heterocycles. The molecule has 684 valence electrons. The number of ether oxygens (including phenoxy) is 6. The molecular formula is C78H96IN20O26S2-. The zero-order valence-electron chi connectivity index (χ0n) is 68.7. The Bertz CT molecular complexity index is 5130. The number of aliphatic imine (C=N–C) groups is 1. The van der Waals surface area contributed by atoms with Crippen LogP contribution in [0.2, 0.25) is 0 Å². The van der Waals surface area contributed by atoms with Crippen LogP contribution >= 0.6 is 21.6 Å². The van der Waals surface area contributed by atoms with E-state index < -0.39 is 198 Å².